The van der Waals surface area contributed by atoms with Gasteiger partial charge in [-0.3, -0.25) is 0 Å². The van der Waals surface area contributed by atoms with E-state index in [4.69, 9.17) is 0 Å². The largest absolute Gasteiger partial charge is 0.310 e. The first kappa shape index (κ1) is 61.4. The summed E-state index contributed by atoms with van der Waals surface area (Å²) in [7, 11) is 0. The summed E-state index contributed by atoms with van der Waals surface area (Å²) in [5.41, 5.74) is 30.4. The summed E-state index contributed by atoms with van der Waals surface area (Å²) >= 11 is 0. The Morgan fingerprint density at radius 1 is 0.242 bits per heavy atom. The molecule has 0 aromatic heterocycles. The number of hydrogen-bond acceptors (Lipinski definition) is 2. The van der Waals surface area contributed by atoms with E-state index in [2.05, 4.69) is 330 Å². The lowest BCUT2D eigenvalue weighted by molar-refractivity contribution is 0.721. The van der Waals surface area contributed by atoms with E-state index in [0.717, 1.165) is 88.4 Å². The maximum atomic E-state index is 2.71. The normalized spacial score (nSPS) is 14.3. The molecule has 2 nitrogen and oxygen atoms in total. The first-order chi connectivity index (χ1) is 46.7. The first-order valence-electron chi connectivity index (χ1n) is 35.5. The Bertz CT molecular complexity index is 4300. The van der Waals surface area contributed by atoms with E-state index in [0.29, 0.717) is 0 Å². The molecule has 470 valence electrons. The molecule has 3 aliphatic rings. The molecule has 1 aliphatic carbocycles. The number of aryl methyl sites for hydroxylation is 6. The van der Waals surface area contributed by atoms with E-state index in [1.807, 2.05) is 0 Å². The molecule has 0 N–H and O–H groups in total. The second kappa shape index (κ2) is 25.9. The van der Waals surface area contributed by atoms with Crippen molar-refractivity contribution >= 4 is 34.1 Å². The van der Waals surface area contributed by atoms with Gasteiger partial charge in [0, 0.05) is 11.4 Å². The lowest BCUT2D eigenvalue weighted by Gasteiger charge is -2.47. The van der Waals surface area contributed by atoms with E-state index in [9.17, 15) is 0 Å². The Balaban J connectivity index is 1.15. The van der Waals surface area contributed by atoms with Crippen LogP contribution in [0, 0.1) is 13.8 Å². The molecular weight excluding hydrogens is 1150 g/mol. The topological polar surface area (TPSA) is 6.48 Å². The van der Waals surface area contributed by atoms with Crippen molar-refractivity contribution in [1.82, 2.24) is 0 Å². The van der Waals surface area contributed by atoms with Gasteiger partial charge >= 0.3 is 0 Å². The number of hydrogen-bond donors (Lipinski definition) is 0. The standard InChI is InChI=1S/C93H88N2/c1-7-11-27-67-41-49-75(50-42-67)91(76-51-43-68(44-52-76)28-12-8-2)81-63-89-85(92(71-31-19-15-20-32-71,72-33-21-16-22-34-72)83-59-65(5)39-57-87(83)94(89)77-53-45-69(46-54-77)29-13-9-3)61-79(81)80-62-86-90(64-82(80)91)95(78-55-47-70(48-56-78)30-14-10-4)88-58-40-66(6)60-84(88)93(86,73-35-23-17-24-36-73)74-37-25-18-26-38-74/h15-26,31-64H,7-14,27-30H2,1-6H3. The average molecular weight is 1230 g/mol. The summed E-state index contributed by atoms with van der Waals surface area (Å²) < 4.78 is 0. The van der Waals surface area contributed by atoms with Crippen molar-refractivity contribution in [2.45, 2.75) is 135 Å². The van der Waals surface area contributed by atoms with Crippen LogP contribution in [0.4, 0.5) is 34.1 Å². The monoisotopic (exact) mass is 1230 g/mol. The summed E-state index contributed by atoms with van der Waals surface area (Å²) in [5, 5.41) is 0. The maximum absolute atomic E-state index is 2.71. The number of anilines is 6. The van der Waals surface area contributed by atoms with Crippen molar-refractivity contribution in [3.05, 3.63) is 379 Å². The number of fused-ring (bicyclic) bond motifs is 7. The molecular formula is C93H88N2. The molecule has 2 heterocycles. The molecule has 0 spiro atoms. The quantitative estimate of drug-likeness (QED) is 0.0750. The van der Waals surface area contributed by atoms with Crippen molar-refractivity contribution < 1.29 is 0 Å². The molecule has 0 saturated heterocycles. The third-order valence-electron chi connectivity index (χ3n) is 21.5. The fourth-order valence-electron chi connectivity index (χ4n) is 16.9. The molecule has 0 bridgehead atoms. The van der Waals surface area contributed by atoms with Gasteiger partial charge < -0.3 is 9.80 Å². The molecule has 0 saturated carbocycles. The van der Waals surface area contributed by atoms with Crippen molar-refractivity contribution in [3.8, 4) is 11.1 Å². The zero-order valence-corrected chi connectivity index (χ0v) is 56.4. The average Bonchev–Trinajstić information content (AvgIpc) is 1.61. The Kier molecular flexibility index (Phi) is 16.7. The molecule has 95 heavy (non-hydrogen) atoms. The van der Waals surface area contributed by atoms with Crippen LogP contribution < -0.4 is 9.80 Å². The Hall–Kier alpha value is -9.76. The fourth-order valence-corrected chi connectivity index (χ4v) is 16.9. The second-order valence-corrected chi connectivity index (χ2v) is 27.4. The van der Waals surface area contributed by atoms with Gasteiger partial charge in [0.05, 0.1) is 39.0 Å². The van der Waals surface area contributed by atoms with Gasteiger partial charge in [-0.05, 0) is 226 Å². The SMILES string of the molecule is CCCCc1ccc(N2c3ccc(C)cc3C(c3ccccc3)(c3ccccc3)c3cc4c(cc32)C(c2ccc(CCCC)cc2)(c2ccc(CCCC)cc2)c2cc3c(cc2-4)C(c2ccccc2)(c2ccccc2)c2cc(C)ccc2N3c2ccc(CCCC)cc2)cc1. The molecule has 0 unspecified atom stereocenters. The van der Waals surface area contributed by atoms with E-state index in [1.165, 1.54) is 134 Å². The molecule has 0 radical (unpaired) electrons. The Morgan fingerprint density at radius 3 is 0.800 bits per heavy atom. The van der Waals surface area contributed by atoms with Gasteiger partial charge in [-0.1, -0.05) is 283 Å². The van der Waals surface area contributed by atoms with Crippen molar-refractivity contribution in [2.75, 3.05) is 9.80 Å². The summed E-state index contributed by atoms with van der Waals surface area (Å²) in [4.78, 5) is 5.28. The predicted octanol–water partition coefficient (Wildman–Crippen LogP) is 24.4. The van der Waals surface area contributed by atoms with Crippen molar-refractivity contribution in [2.24, 2.45) is 0 Å². The van der Waals surface area contributed by atoms with Gasteiger partial charge in [-0.2, -0.15) is 0 Å². The molecule has 0 fully saturated rings. The van der Waals surface area contributed by atoms with Gasteiger partial charge in [-0.15, -0.1) is 0 Å². The minimum atomic E-state index is -0.807. The van der Waals surface area contributed by atoms with Gasteiger partial charge in [0.2, 0.25) is 0 Å². The minimum absolute atomic E-state index is 0.748. The molecule has 12 aromatic carbocycles. The molecule has 2 heteroatoms. The zero-order chi connectivity index (χ0) is 64.7. The highest BCUT2D eigenvalue weighted by Crippen LogP contribution is 2.67. The van der Waals surface area contributed by atoms with Gasteiger partial charge in [0.1, 0.15) is 0 Å². The van der Waals surface area contributed by atoms with Crippen LogP contribution in [-0.4, -0.2) is 0 Å². The van der Waals surface area contributed by atoms with Crippen LogP contribution in [-0.2, 0) is 41.9 Å². The highest BCUT2D eigenvalue weighted by molar-refractivity contribution is 5.99. The van der Waals surface area contributed by atoms with Gasteiger partial charge in [-0.25, -0.2) is 0 Å². The van der Waals surface area contributed by atoms with E-state index in [-0.39, 0.29) is 0 Å². The van der Waals surface area contributed by atoms with E-state index >= 15 is 0 Å². The Morgan fingerprint density at radius 2 is 0.505 bits per heavy atom. The van der Waals surface area contributed by atoms with Crippen LogP contribution in [0.25, 0.3) is 11.1 Å². The molecule has 0 amide bonds. The lowest BCUT2D eigenvalue weighted by atomic mass is 9.61. The molecule has 0 atom stereocenters. The summed E-state index contributed by atoms with van der Waals surface area (Å²) in [6.07, 6.45) is 13.4. The third-order valence-corrected chi connectivity index (χ3v) is 21.5. The molecule has 12 aromatic rings. The smallest absolute Gasteiger partial charge is 0.0742 e. The summed E-state index contributed by atoms with van der Waals surface area (Å²) in [5.74, 6) is 0. The predicted molar refractivity (Wildman–Crippen MR) is 401 cm³/mol. The van der Waals surface area contributed by atoms with Crippen LogP contribution in [0.3, 0.4) is 0 Å². The third kappa shape index (κ3) is 10.2. The fraction of sp³-hybridized carbons (Fsp3) is 0.226. The summed E-state index contributed by atoms with van der Waals surface area (Å²) in [6, 6.07) is 110. The lowest BCUT2D eigenvalue weighted by Crippen LogP contribution is -2.38. The van der Waals surface area contributed by atoms with Crippen LogP contribution in [0.2, 0.25) is 0 Å². The molecule has 15 rings (SSSR count). The Labute approximate surface area is 565 Å². The van der Waals surface area contributed by atoms with E-state index < -0.39 is 16.2 Å². The van der Waals surface area contributed by atoms with Gasteiger partial charge in [0.15, 0.2) is 0 Å². The first-order valence-corrected chi connectivity index (χ1v) is 35.5. The minimum Gasteiger partial charge on any atom is -0.310 e. The van der Waals surface area contributed by atoms with Crippen LogP contribution in [0.1, 0.15) is 179 Å². The van der Waals surface area contributed by atoms with Crippen LogP contribution in [0.5, 0.6) is 0 Å². The maximum Gasteiger partial charge on any atom is 0.0742 e. The number of unbranched alkanes of at least 4 members (excludes halogenated alkanes) is 4. The van der Waals surface area contributed by atoms with Crippen molar-refractivity contribution in [3.63, 3.8) is 0 Å². The summed E-state index contributed by atoms with van der Waals surface area (Å²) in [6.45, 7) is 13.8. The van der Waals surface area contributed by atoms with E-state index in [1.54, 1.807) is 0 Å². The highest BCUT2D eigenvalue weighted by Gasteiger charge is 2.55. The second-order valence-electron chi connectivity index (χ2n) is 27.4. The molecule has 2 aliphatic heterocycles. The highest BCUT2D eigenvalue weighted by atomic mass is 15.2. The van der Waals surface area contributed by atoms with Crippen molar-refractivity contribution in [1.29, 1.82) is 0 Å². The van der Waals surface area contributed by atoms with Crippen LogP contribution >= 0.6 is 0 Å². The van der Waals surface area contributed by atoms with Gasteiger partial charge in [0.25, 0.3) is 0 Å². The van der Waals surface area contributed by atoms with Crippen LogP contribution in [0.15, 0.2) is 279 Å². The zero-order valence-electron chi connectivity index (χ0n) is 56.4. The number of nitrogens with zero attached hydrogens (tertiary/aromatic N) is 2. The number of rotatable bonds is 20. The number of benzene rings is 12.